The zero-order valence-corrected chi connectivity index (χ0v) is 17.0. The quantitative estimate of drug-likeness (QED) is 0.448. The van der Waals surface area contributed by atoms with Crippen molar-refractivity contribution in [1.82, 2.24) is 35.1 Å². The van der Waals surface area contributed by atoms with E-state index in [1.54, 1.807) is 13.1 Å². The van der Waals surface area contributed by atoms with Crippen molar-refractivity contribution in [3.8, 4) is 11.4 Å². The number of H-pyrrole nitrogens is 1. The van der Waals surface area contributed by atoms with Gasteiger partial charge in [-0.25, -0.2) is 9.97 Å². The molecular weight excluding hydrogens is 425 g/mol. The number of benzene rings is 1. The van der Waals surface area contributed by atoms with Gasteiger partial charge in [-0.2, -0.15) is 22.8 Å². The van der Waals surface area contributed by atoms with E-state index in [0.29, 0.717) is 24.2 Å². The number of fused-ring (bicyclic) bond motifs is 3. The van der Waals surface area contributed by atoms with Crippen LogP contribution in [0, 0.1) is 6.92 Å². The van der Waals surface area contributed by atoms with Crippen LogP contribution in [0.15, 0.2) is 24.4 Å². The van der Waals surface area contributed by atoms with Crippen molar-refractivity contribution < 1.29 is 18.0 Å². The number of carbonyl (C=O) groups is 1. The van der Waals surface area contributed by atoms with Crippen molar-refractivity contribution in [2.75, 3.05) is 11.9 Å². The Kier molecular flexibility index (Phi) is 4.72. The van der Waals surface area contributed by atoms with E-state index < -0.39 is 17.8 Å². The van der Waals surface area contributed by atoms with E-state index in [-0.39, 0.29) is 34.2 Å². The minimum atomic E-state index is -4.61. The number of rotatable bonds is 3. The number of hydrogen-bond acceptors (Lipinski definition) is 6. The van der Waals surface area contributed by atoms with Crippen LogP contribution >= 0.6 is 0 Å². The van der Waals surface area contributed by atoms with Gasteiger partial charge in [0.25, 0.3) is 0 Å². The van der Waals surface area contributed by atoms with Crippen LogP contribution in [-0.4, -0.2) is 48.3 Å². The predicted octanol–water partition coefficient (Wildman–Crippen LogP) is 3.08. The molecule has 5 rings (SSSR count). The Bertz CT molecular complexity index is 1330. The van der Waals surface area contributed by atoms with Crippen molar-refractivity contribution >= 4 is 28.4 Å². The highest BCUT2D eigenvalue weighted by atomic mass is 19.4. The first-order valence-electron chi connectivity index (χ1n) is 10.1. The normalized spacial score (nSPS) is 17.5. The Balaban J connectivity index is 1.75. The van der Waals surface area contributed by atoms with Crippen LogP contribution in [0.5, 0.6) is 0 Å². The van der Waals surface area contributed by atoms with Gasteiger partial charge in [0.15, 0.2) is 11.5 Å². The highest BCUT2D eigenvalue weighted by Gasteiger charge is 2.34. The molecule has 4 aromatic rings. The van der Waals surface area contributed by atoms with Gasteiger partial charge in [-0.15, -0.1) is 5.10 Å². The van der Waals surface area contributed by atoms with Crippen LogP contribution in [0.3, 0.4) is 0 Å². The molecule has 0 radical (unpaired) electrons. The number of aromatic nitrogens is 6. The van der Waals surface area contributed by atoms with Crippen LogP contribution < -0.4 is 10.6 Å². The first-order valence-corrected chi connectivity index (χ1v) is 10.1. The summed E-state index contributed by atoms with van der Waals surface area (Å²) >= 11 is 0. The molecule has 12 heteroatoms. The Labute approximate surface area is 179 Å². The number of hydrogen-bond donors (Lipinski definition) is 3. The number of nitrogens with zero attached hydrogens (tertiary/aromatic N) is 5. The third-order valence-corrected chi connectivity index (χ3v) is 5.52. The highest BCUT2D eigenvalue weighted by Crippen LogP contribution is 2.36. The molecule has 32 heavy (non-hydrogen) atoms. The smallest absolute Gasteiger partial charge is 0.354 e. The number of halogens is 3. The molecule has 1 amide bonds. The zero-order valence-electron chi connectivity index (χ0n) is 17.0. The molecule has 4 heterocycles. The van der Waals surface area contributed by atoms with E-state index in [1.165, 1.54) is 16.6 Å². The molecule has 3 aromatic heterocycles. The molecular formula is C20H19F3N8O. The molecule has 1 aromatic carbocycles. The first kappa shape index (κ1) is 20.2. The van der Waals surface area contributed by atoms with E-state index in [0.717, 1.165) is 18.9 Å². The zero-order chi connectivity index (χ0) is 22.5. The fourth-order valence-electron chi connectivity index (χ4n) is 3.89. The molecule has 0 unspecified atom stereocenters. The molecule has 0 spiro atoms. The highest BCUT2D eigenvalue weighted by molar-refractivity contribution is 5.95. The average Bonchev–Trinajstić information content (AvgIpc) is 3.32. The van der Waals surface area contributed by atoms with Crippen LogP contribution in [0.1, 0.15) is 30.5 Å². The molecule has 1 atom stereocenters. The van der Waals surface area contributed by atoms with Gasteiger partial charge in [0, 0.05) is 18.1 Å². The molecule has 1 aliphatic rings. The summed E-state index contributed by atoms with van der Waals surface area (Å²) in [6.07, 6.45) is -0.845. The number of nitrogens with one attached hydrogen (secondary N) is 3. The van der Waals surface area contributed by atoms with Gasteiger partial charge in [0.05, 0.1) is 22.3 Å². The number of amides is 1. The van der Waals surface area contributed by atoms with E-state index in [4.69, 9.17) is 0 Å². The number of para-hydroxylation sites is 1. The van der Waals surface area contributed by atoms with Gasteiger partial charge in [-0.3, -0.25) is 9.89 Å². The number of aryl methyl sites for hydroxylation is 1. The van der Waals surface area contributed by atoms with Crippen LogP contribution in [0.2, 0.25) is 0 Å². The number of carbonyl (C=O) groups excluding carboxylic acids is 1. The Morgan fingerprint density at radius 2 is 2.06 bits per heavy atom. The predicted molar refractivity (Wildman–Crippen MR) is 110 cm³/mol. The lowest BCUT2D eigenvalue weighted by molar-refractivity contribution is -0.136. The number of aromatic amines is 1. The molecule has 1 aliphatic heterocycles. The summed E-state index contributed by atoms with van der Waals surface area (Å²) in [5, 5.41) is 17.3. The molecule has 1 saturated heterocycles. The maximum absolute atomic E-state index is 13.7. The molecule has 0 saturated carbocycles. The summed E-state index contributed by atoms with van der Waals surface area (Å²) in [6, 6.07) is 3.17. The molecule has 9 nitrogen and oxygen atoms in total. The average molecular weight is 444 g/mol. The largest absolute Gasteiger partial charge is 0.418 e. The summed E-state index contributed by atoms with van der Waals surface area (Å²) in [6.45, 7) is 2.33. The summed E-state index contributed by atoms with van der Waals surface area (Å²) in [4.78, 5) is 21.2. The standard InChI is InChI=1S/C20H19F3N8O/c1-10-12(9-25-29-10)16-28-17-11-5-4-6-13(20(21,22)23)15(11)27-19(31(17)30-16)26-14-7-2-3-8-24-18(14)32/h4-6,9,14H,2-3,7-8H2,1H3,(H,24,32)(H,25,29)(H,26,27)/t14-/m1/s1. The second kappa shape index (κ2) is 7.46. The third-order valence-electron chi connectivity index (χ3n) is 5.52. The minimum absolute atomic E-state index is 0.0196. The fraction of sp³-hybridized carbons (Fsp3) is 0.350. The van der Waals surface area contributed by atoms with Crippen molar-refractivity contribution in [2.45, 2.75) is 38.4 Å². The second-order valence-corrected chi connectivity index (χ2v) is 7.67. The molecule has 3 N–H and O–H groups in total. The molecule has 0 aliphatic carbocycles. The van der Waals surface area contributed by atoms with E-state index in [9.17, 15) is 18.0 Å². The van der Waals surface area contributed by atoms with Gasteiger partial charge in [0.1, 0.15) is 6.04 Å². The van der Waals surface area contributed by atoms with Crippen LogP contribution in [0.25, 0.3) is 27.9 Å². The van der Waals surface area contributed by atoms with Crippen molar-refractivity contribution in [3.05, 3.63) is 35.7 Å². The molecule has 0 bridgehead atoms. The fourth-order valence-corrected chi connectivity index (χ4v) is 3.89. The lowest BCUT2D eigenvalue weighted by atomic mass is 10.1. The van der Waals surface area contributed by atoms with Crippen LogP contribution in [-0.2, 0) is 11.0 Å². The van der Waals surface area contributed by atoms with Crippen molar-refractivity contribution in [2.24, 2.45) is 0 Å². The minimum Gasteiger partial charge on any atom is -0.354 e. The first-order chi connectivity index (χ1) is 15.3. The monoisotopic (exact) mass is 444 g/mol. The summed E-state index contributed by atoms with van der Waals surface area (Å²) < 4.78 is 42.5. The Morgan fingerprint density at radius 3 is 2.81 bits per heavy atom. The summed E-state index contributed by atoms with van der Waals surface area (Å²) in [7, 11) is 0. The van der Waals surface area contributed by atoms with Gasteiger partial charge in [-0.1, -0.05) is 6.07 Å². The van der Waals surface area contributed by atoms with Gasteiger partial charge >= 0.3 is 6.18 Å². The SMILES string of the molecule is Cc1n[nH]cc1-c1nc2c3cccc(C(F)(F)F)c3nc(N[C@@H]3CCCCNC3=O)n2n1. The number of anilines is 1. The van der Waals surface area contributed by atoms with Gasteiger partial charge in [0.2, 0.25) is 11.9 Å². The third kappa shape index (κ3) is 3.41. The lowest BCUT2D eigenvalue weighted by Gasteiger charge is -2.17. The maximum Gasteiger partial charge on any atom is 0.418 e. The Morgan fingerprint density at radius 1 is 1.22 bits per heavy atom. The van der Waals surface area contributed by atoms with Crippen molar-refractivity contribution in [3.63, 3.8) is 0 Å². The topological polar surface area (TPSA) is 113 Å². The lowest BCUT2D eigenvalue weighted by Crippen LogP contribution is -2.38. The Hall–Kier alpha value is -3.70. The van der Waals surface area contributed by atoms with Gasteiger partial charge in [-0.05, 0) is 38.3 Å². The summed E-state index contributed by atoms with van der Waals surface area (Å²) in [5.74, 6) is 0.0788. The van der Waals surface area contributed by atoms with E-state index >= 15 is 0 Å². The summed E-state index contributed by atoms with van der Waals surface area (Å²) in [5.41, 5.74) is 0.328. The molecule has 166 valence electrons. The maximum atomic E-state index is 13.7. The van der Waals surface area contributed by atoms with E-state index in [1.807, 2.05) is 0 Å². The number of alkyl halides is 3. The van der Waals surface area contributed by atoms with E-state index in [2.05, 4.69) is 35.9 Å². The second-order valence-electron chi connectivity index (χ2n) is 7.67. The van der Waals surface area contributed by atoms with Crippen LogP contribution in [0.4, 0.5) is 19.1 Å². The van der Waals surface area contributed by atoms with Gasteiger partial charge < -0.3 is 10.6 Å². The molecule has 1 fully saturated rings. The van der Waals surface area contributed by atoms with Crippen molar-refractivity contribution in [1.29, 1.82) is 0 Å².